The van der Waals surface area contributed by atoms with Gasteiger partial charge in [-0.15, -0.1) is 0 Å². The number of oxazole rings is 1. The standard InChI is InChI=1S/C16H17N3O5/c1-19(2)15(21)9-17-13(20)10-23-16(22)8-7-14-18-11-5-3-4-6-12(11)24-14/h3-8H,9-10H2,1-2H3,(H,17,20)/b8-7+. The molecule has 0 aliphatic heterocycles. The smallest absolute Gasteiger partial charge is 0.331 e. The number of para-hydroxylation sites is 2. The molecule has 0 atom stereocenters. The number of likely N-dealkylation sites (N-methyl/N-ethyl adjacent to an activating group) is 1. The molecule has 1 N–H and O–H groups in total. The van der Waals surface area contributed by atoms with Gasteiger partial charge in [-0.2, -0.15) is 0 Å². The van der Waals surface area contributed by atoms with Crippen LogP contribution in [0.25, 0.3) is 17.2 Å². The summed E-state index contributed by atoms with van der Waals surface area (Å²) in [4.78, 5) is 39.8. The maximum Gasteiger partial charge on any atom is 0.331 e. The third-order valence-electron chi connectivity index (χ3n) is 2.95. The minimum Gasteiger partial charge on any atom is -0.452 e. The van der Waals surface area contributed by atoms with Crippen molar-refractivity contribution in [2.24, 2.45) is 0 Å². The van der Waals surface area contributed by atoms with E-state index in [-0.39, 0.29) is 18.3 Å². The van der Waals surface area contributed by atoms with E-state index in [0.29, 0.717) is 11.1 Å². The van der Waals surface area contributed by atoms with Gasteiger partial charge in [-0.1, -0.05) is 12.1 Å². The van der Waals surface area contributed by atoms with Crippen LogP contribution in [-0.2, 0) is 19.1 Å². The van der Waals surface area contributed by atoms with Crippen LogP contribution in [-0.4, -0.2) is 54.9 Å². The van der Waals surface area contributed by atoms with Gasteiger partial charge in [-0.05, 0) is 12.1 Å². The summed E-state index contributed by atoms with van der Waals surface area (Å²) < 4.78 is 10.2. The molecule has 0 saturated heterocycles. The molecule has 0 aliphatic carbocycles. The Morgan fingerprint density at radius 3 is 2.75 bits per heavy atom. The van der Waals surface area contributed by atoms with Gasteiger partial charge in [-0.3, -0.25) is 9.59 Å². The second-order valence-electron chi connectivity index (χ2n) is 5.03. The first-order chi connectivity index (χ1) is 11.5. The van der Waals surface area contributed by atoms with Crippen LogP contribution in [0.4, 0.5) is 0 Å². The fourth-order valence-corrected chi connectivity index (χ4v) is 1.67. The molecule has 1 aromatic carbocycles. The molecule has 1 heterocycles. The number of esters is 1. The number of carbonyl (C=O) groups is 3. The van der Waals surface area contributed by atoms with Gasteiger partial charge in [-0.25, -0.2) is 9.78 Å². The Bertz CT molecular complexity index is 746. The average molecular weight is 331 g/mol. The zero-order valence-electron chi connectivity index (χ0n) is 13.3. The Kier molecular flexibility index (Phi) is 5.67. The lowest BCUT2D eigenvalue weighted by Crippen LogP contribution is -2.38. The average Bonchev–Trinajstić information content (AvgIpc) is 2.98. The molecule has 2 aromatic rings. The number of hydrogen-bond donors (Lipinski definition) is 1. The van der Waals surface area contributed by atoms with E-state index < -0.39 is 18.5 Å². The third-order valence-corrected chi connectivity index (χ3v) is 2.95. The van der Waals surface area contributed by atoms with Crippen molar-refractivity contribution in [3.05, 3.63) is 36.2 Å². The van der Waals surface area contributed by atoms with E-state index in [4.69, 9.17) is 9.15 Å². The lowest BCUT2D eigenvalue weighted by atomic mass is 10.3. The van der Waals surface area contributed by atoms with Crippen LogP contribution >= 0.6 is 0 Å². The third kappa shape index (κ3) is 4.94. The number of rotatable bonds is 6. The Morgan fingerprint density at radius 1 is 1.29 bits per heavy atom. The van der Waals surface area contributed by atoms with Gasteiger partial charge in [0, 0.05) is 26.2 Å². The summed E-state index contributed by atoms with van der Waals surface area (Å²) in [6.07, 6.45) is 2.47. The predicted octanol–water partition coefficient (Wildman–Crippen LogP) is 0.589. The van der Waals surface area contributed by atoms with Gasteiger partial charge < -0.3 is 19.4 Å². The Morgan fingerprint density at radius 2 is 2.04 bits per heavy atom. The van der Waals surface area contributed by atoms with Gasteiger partial charge in [0.05, 0.1) is 6.54 Å². The molecule has 8 heteroatoms. The molecule has 8 nitrogen and oxygen atoms in total. The van der Waals surface area contributed by atoms with Crippen LogP contribution < -0.4 is 5.32 Å². The predicted molar refractivity (Wildman–Crippen MR) is 85.7 cm³/mol. The number of nitrogens with one attached hydrogen (secondary N) is 1. The van der Waals surface area contributed by atoms with Crippen LogP contribution in [0.2, 0.25) is 0 Å². The Balaban J connectivity index is 1.78. The Labute approximate surface area is 138 Å². The summed E-state index contributed by atoms with van der Waals surface area (Å²) in [6, 6.07) is 7.19. The van der Waals surface area contributed by atoms with Crippen molar-refractivity contribution in [1.29, 1.82) is 0 Å². The molecule has 2 amide bonds. The molecule has 2 rings (SSSR count). The van der Waals surface area contributed by atoms with Crippen LogP contribution in [0, 0.1) is 0 Å². The highest BCUT2D eigenvalue weighted by Crippen LogP contribution is 2.15. The van der Waals surface area contributed by atoms with E-state index in [9.17, 15) is 14.4 Å². The summed E-state index contributed by atoms with van der Waals surface area (Å²) in [5.74, 6) is -1.28. The monoisotopic (exact) mass is 331 g/mol. The topological polar surface area (TPSA) is 102 Å². The lowest BCUT2D eigenvalue weighted by molar-refractivity contribution is -0.144. The highest BCUT2D eigenvalue weighted by molar-refractivity contribution is 5.90. The van der Waals surface area contributed by atoms with E-state index >= 15 is 0 Å². The molecule has 24 heavy (non-hydrogen) atoms. The molecule has 0 saturated carbocycles. The van der Waals surface area contributed by atoms with Gasteiger partial charge >= 0.3 is 5.97 Å². The number of fused-ring (bicyclic) bond motifs is 1. The van der Waals surface area contributed by atoms with E-state index in [1.165, 1.54) is 11.0 Å². The van der Waals surface area contributed by atoms with Gasteiger partial charge in [0.25, 0.3) is 5.91 Å². The van der Waals surface area contributed by atoms with E-state index in [0.717, 1.165) is 6.08 Å². The molecule has 0 fully saturated rings. The number of aromatic nitrogens is 1. The number of benzene rings is 1. The molecule has 0 aliphatic rings. The number of hydrogen-bond acceptors (Lipinski definition) is 6. The maximum atomic E-state index is 11.5. The lowest BCUT2D eigenvalue weighted by Gasteiger charge is -2.10. The summed E-state index contributed by atoms with van der Waals surface area (Å²) in [7, 11) is 3.15. The minimum absolute atomic E-state index is 0.151. The van der Waals surface area contributed by atoms with Gasteiger partial charge in [0.1, 0.15) is 5.52 Å². The molecular formula is C16H17N3O5. The van der Waals surface area contributed by atoms with Crippen molar-refractivity contribution < 1.29 is 23.5 Å². The van der Waals surface area contributed by atoms with Crippen molar-refractivity contribution >= 4 is 35.0 Å². The van der Waals surface area contributed by atoms with Crippen molar-refractivity contribution in [3.8, 4) is 0 Å². The van der Waals surface area contributed by atoms with Crippen molar-refractivity contribution in [2.45, 2.75) is 0 Å². The van der Waals surface area contributed by atoms with Crippen molar-refractivity contribution in [2.75, 3.05) is 27.2 Å². The molecule has 1 aromatic heterocycles. The second-order valence-corrected chi connectivity index (χ2v) is 5.03. The highest BCUT2D eigenvalue weighted by Gasteiger charge is 2.09. The normalized spacial score (nSPS) is 10.8. The molecule has 0 bridgehead atoms. The Hall–Kier alpha value is -3.16. The van der Waals surface area contributed by atoms with E-state index in [1.54, 1.807) is 26.2 Å². The van der Waals surface area contributed by atoms with Crippen molar-refractivity contribution in [1.82, 2.24) is 15.2 Å². The number of ether oxygens (including phenoxy) is 1. The SMILES string of the molecule is CN(C)C(=O)CNC(=O)COC(=O)/C=C/c1nc2ccccc2o1. The van der Waals surface area contributed by atoms with Crippen molar-refractivity contribution in [3.63, 3.8) is 0 Å². The van der Waals surface area contributed by atoms with Gasteiger partial charge in [0.15, 0.2) is 12.2 Å². The van der Waals surface area contributed by atoms with Crippen LogP contribution in [0.5, 0.6) is 0 Å². The summed E-state index contributed by atoms with van der Waals surface area (Å²) >= 11 is 0. The summed E-state index contributed by atoms with van der Waals surface area (Å²) in [5.41, 5.74) is 1.28. The van der Waals surface area contributed by atoms with E-state index in [1.807, 2.05) is 12.1 Å². The first kappa shape index (κ1) is 17.2. The highest BCUT2D eigenvalue weighted by atomic mass is 16.5. The van der Waals surface area contributed by atoms with Gasteiger partial charge in [0.2, 0.25) is 11.8 Å². The van der Waals surface area contributed by atoms with Crippen LogP contribution in [0.1, 0.15) is 5.89 Å². The largest absolute Gasteiger partial charge is 0.452 e. The number of carbonyl (C=O) groups excluding carboxylic acids is 3. The molecular weight excluding hydrogens is 314 g/mol. The fourth-order valence-electron chi connectivity index (χ4n) is 1.67. The molecule has 0 unspecified atom stereocenters. The second kappa shape index (κ2) is 7.91. The maximum absolute atomic E-state index is 11.5. The molecule has 0 radical (unpaired) electrons. The first-order valence-corrected chi connectivity index (χ1v) is 7.13. The quantitative estimate of drug-likeness (QED) is 0.614. The number of nitrogens with zero attached hydrogens (tertiary/aromatic N) is 2. The zero-order valence-corrected chi connectivity index (χ0v) is 13.3. The first-order valence-electron chi connectivity index (χ1n) is 7.13. The fraction of sp³-hybridized carbons (Fsp3) is 0.250. The van der Waals surface area contributed by atoms with E-state index in [2.05, 4.69) is 10.3 Å². The van der Waals surface area contributed by atoms with Crippen LogP contribution in [0.3, 0.4) is 0 Å². The van der Waals surface area contributed by atoms with Crippen LogP contribution in [0.15, 0.2) is 34.8 Å². The summed E-state index contributed by atoms with van der Waals surface area (Å²) in [6.45, 7) is -0.625. The number of amides is 2. The zero-order chi connectivity index (χ0) is 17.5. The molecule has 126 valence electrons. The minimum atomic E-state index is -0.716. The molecule has 0 spiro atoms. The summed E-state index contributed by atoms with van der Waals surface area (Å²) in [5, 5.41) is 2.35.